The normalized spacial score (nSPS) is 17.3. The second-order valence-electron chi connectivity index (χ2n) is 8.41. The summed E-state index contributed by atoms with van der Waals surface area (Å²) in [6.07, 6.45) is 6.90. The number of benzene rings is 1. The third-order valence-electron chi connectivity index (χ3n) is 5.32. The Morgan fingerprint density at radius 1 is 1.27 bits per heavy atom. The summed E-state index contributed by atoms with van der Waals surface area (Å²) in [6.45, 7) is 4.33. The molecule has 154 valence electrons. The van der Waals surface area contributed by atoms with Gasteiger partial charge in [-0.1, -0.05) is 31.5 Å². The Bertz CT molecular complexity index is 1090. The predicted molar refractivity (Wildman–Crippen MR) is 113 cm³/mol. The SMILES string of the molecule is CC1(C)Cc2nc(-c3ccncc3)ncc2C(NC(=O)Cc2ccc(F)cc2Cl)C1. The Balaban J connectivity index is 1.58. The van der Waals surface area contributed by atoms with Crippen molar-refractivity contribution in [3.05, 3.63) is 76.6 Å². The van der Waals surface area contributed by atoms with Gasteiger partial charge in [0.05, 0.1) is 18.2 Å². The van der Waals surface area contributed by atoms with E-state index in [9.17, 15) is 9.18 Å². The van der Waals surface area contributed by atoms with Crippen LogP contribution in [0.4, 0.5) is 4.39 Å². The summed E-state index contributed by atoms with van der Waals surface area (Å²) in [5.41, 5.74) is 3.35. The van der Waals surface area contributed by atoms with Crippen LogP contribution in [0.25, 0.3) is 11.4 Å². The van der Waals surface area contributed by atoms with E-state index < -0.39 is 5.82 Å². The van der Waals surface area contributed by atoms with Gasteiger partial charge in [0.1, 0.15) is 5.82 Å². The molecule has 0 spiro atoms. The van der Waals surface area contributed by atoms with Gasteiger partial charge in [-0.3, -0.25) is 9.78 Å². The molecule has 3 aromatic rings. The van der Waals surface area contributed by atoms with Crippen LogP contribution in [0.2, 0.25) is 5.02 Å². The van der Waals surface area contributed by atoms with E-state index in [1.54, 1.807) is 18.5 Å². The molecule has 0 fully saturated rings. The highest BCUT2D eigenvalue weighted by Crippen LogP contribution is 2.40. The van der Waals surface area contributed by atoms with Gasteiger partial charge in [-0.25, -0.2) is 14.4 Å². The summed E-state index contributed by atoms with van der Waals surface area (Å²) >= 11 is 6.07. The molecule has 4 rings (SSSR count). The Hall–Kier alpha value is -2.86. The summed E-state index contributed by atoms with van der Waals surface area (Å²) in [7, 11) is 0. The molecule has 1 aromatic carbocycles. The van der Waals surface area contributed by atoms with Gasteiger partial charge in [0, 0.05) is 34.7 Å². The lowest BCUT2D eigenvalue weighted by Crippen LogP contribution is -2.37. The van der Waals surface area contributed by atoms with Gasteiger partial charge in [0.25, 0.3) is 0 Å². The Kier molecular flexibility index (Phi) is 5.52. The van der Waals surface area contributed by atoms with Gasteiger partial charge in [-0.15, -0.1) is 0 Å². The van der Waals surface area contributed by atoms with E-state index in [2.05, 4.69) is 29.1 Å². The summed E-state index contributed by atoms with van der Waals surface area (Å²) in [6, 6.07) is 7.63. The molecule has 0 bridgehead atoms. The Morgan fingerprint density at radius 3 is 2.77 bits per heavy atom. The zero-order valence-electron chi connectivity index (χ0n) is 16.8. The molecule has 1 N–H and O–H groups in total. The molecule has 0 radical (unpaired) electrons. The van der Waals surface area contributed by atoms with Crippen LogP contribution < -0.4 is 5.32 Å². The van der Waals surface area contributed by atoms with Crippen molar-refractivity contribution in [3.63, 3.8) is 0 Å². The largest absolute Gasteiger partial charge is 0.349 e. The van der Waals surface area contributed by atoms with E-state index in [1.807, 2.05) is 18.3 Å². The molecule has 1 amide bonds. The van der Waals surface area contributed by atoms with E-state index >= 15 is 0 Å². The highest BCUT2D eigenvalue weighted by Gasteiger charge is 2.34. The van der Waals surface area contributed by atoms with Crippen LogP contribution in [0.1, 0.15) is 43.1 Å². The molecule has 5 nitrogen and oxygen atoms in total. The zero-order valence-corrected chi connectivity index (χ0v) is 17.6. The molecule has 30 heavy (non-hydrogen) atoms. The lowest BCUT2D eigenvalue weighted by atomic mass is 9.74. The van der Waals surface area contributed by atoms with Crippen molar-refractivity contribution in [1.82, 2.24) is 20.3 Å². The maximum Gasteiger partial charge on any atom is 0.224 e. The number of nitrogens with one attached hydrogen (secondary N) is 1. The molecule has 1 unspecified atom stereocenters. The number of pyridine rings is 1. The van der Waals surface area contributed by atoms with E-state index in [1.165, 1.54) is 12.1 Å². The quantitative estimate of drug-likeness (QED) is 0.659. The highest BCUT2D eigenvalue weighted by atomic mass is 35.5. The molecule has 7 heteroatoms. The first kappa shape index (κ1) is 20.4. The number of halogens is 2. The number of nitrogens with zero attached hydrogens (tertiary/aromatic N) is 3. The van der Waals surface area contributed by atoms with E-state index in [0.29, 0.717) is 11.4 Å². The minimum absolute atomic E-state index is 0.0255. The van der Waals surface area contributed by atoms with Crippen LogP contribution in [0.5, 0.6) is 0 Å². The topological polar surface area (TPSA) is 67.8 Å². The van der Waals surface area contributed by atoms with Crippen molar-refractivity contribution in [1.29, 1.82) is 0 Å². The Morgan fingerprint density at radius 2 is 2.03 bits per heavy atom. The van der Waals surface area contributed by atoms with Crippen molar-refractivity contribution >= 4 is 17.5 Å². The molecule has 0 aliphatic heterocycles. The fraction of sp³-hybridized carbons (Fsp3) is 0.304. The first-order valence-corrected chi connectivity index (χ1v) is 10.2. The van der Waals surface area contributed by atoms with Crippen LogP contribution in [0.15, 0.2) is 48.9 Å². The number of hydrogen-bond acceptors (Lipinski definition) is 4. The van der Waals surface area contributed by atoms with Gasteiger partial charge in [0.15, 0.2) is 5.82 Å². The number of fused-ring (bicyclic) bond motifs is 1. The van der Waals surface area contributed by atoms with Crippen LogP contribution in [0.3, 0.4) is 0 Å². The van der Waals surface area contributed by atoms with Crippen LogP contribution in [0, 0.1) is 11.2 Å². The van der Waals surface area contributed by atoms with E-state index in [0.717, 1.165) is 29.7 Å². The molecule has 0 saturated carbocycles. The van der Waals surface area contributed by atoms with Crippen molar-refractivity contribution < 1.29 is 9.18 Å². The third kappa shape index (κ3) is 4.49. The van der Waals surface area contributed by atoms with Crippen molar-refractivity contribution in [2.24, 2.45) is 5.41 Å². The first-order chi connectivity index (χ1) is 14.3. The van der Waals surface area contributed by atoms with E-state index in [-0.39, 0.29) is 28.8 Å². The number of carbonyl (C=O) groups is 1. The molecule has 1 atom stereocenters. The maximum absolute atomic E-state index is 13.3. The van der Waals surface area contributed by atoms with Crippen molar-refractivity contribution in [2.75, 3.05) is 0 Å². The number of aromatic nitrogens is 3. The van der Waals surface area contributed by atoms with E-state index in [4.69, 9.17) is 16.6 Å². The molecule has 1 aliphatic carbocycles. The van der Waals surface area contributed by atoms with Crippen LogP contribution >= 0.6 is 11.6 Å². The van der Waals surface area contributed by atoms with Gasteiger partial charge in [0.2, 0.25) is 5.91 Å². The highest BCUT2D eigenvalue weighted by molar-refractivity contribution is 6.31. The van der Waals surface area contributed by atoms with Crippen LogP contribution in [-0.4, -0.2) is 20.9 Å². The molecule has 1 aliphatic rings. The second kappa shape index (κ2) is 8.11. The van der Waals surface area contributed by atoms with Gasteiger partial charge < -0.3 is 5.32 Å². The lowest BCUT2D eigenvalue weighted by molar-refractivity contribution is -0.121. The predicted octanol–water partition coefficient (Wildman–Crippen LogP) is 4.70. The zero-order chi connectivity index (χ0) is 21.3. The average Bonchev–Trinajstić information content (AvgIpc) is 2.69. The maximum atomic E-state index is 13.3. The summed E-state index contributed by atoms with van der Waals surface area (Å²) < 4.78 is 13.3. The average molecular weight is 425 g/mol. The number of amides is 1. The molecule has 2 aromatic heterocycles. The molecule has 2 heterocycles. The Labute approximate surface area is 179 Å². The summed E-state index contributed by atoms with van der Waals surface area (Å²) in [5, 5.41) is 3.35. The fourth-order valence-electron chi connectivity index (χ4n) is 3.90. The summed E-state index contributed by atoms with van der Waals surface area (Å²) in [4.78, 5) is 26.1. The molecular weight excluding hydrogens is 403 g/mol. The van der Waals surface area contributed by atoms with Gasteiger partial charge >= 0.3 is 0 Å². The number of hydrogen-bond donors (Lipinski definition) is 1. The second-order valence-corrected chi connectivity index (χ2v) is 8.82. The van der Waals surface area contributed by atoms with Gasteiger partial charge in [-0.2, -0.15) is 0 Å². The minimum Gasteiger partial charge on any atom is -0.349 e. The first-order valence-electron chi connectivity index (χ1n) is 9.80. The van der Waals surface area contributed by atoms with Crippen molar-refractivity contribution in [2.45, 2.75) is 39.2 Å². The third-order valence-corrected chi connectivity index (χ3v) is 5.67. The van der Waals surface area contributed by atoms with Crippen molar-refractivity contribution in [3.8, 4) is 11.4 Å². The lowest BCUT2D eigenvalue weighted by Gasteiger charge is -2.36. The fourth-order valence-corrected chi connectivity index (χ4v) is 4.13. The minimum atomic E-state index is -0.422. The number of rotatable bonds is 4. The van der Waals surface area contributed by atoms with Crippen LogP contribution in [-0.2, 0) is 17.6 Å². The molecule has 0 saturated heterocycles. The standard InChI is InChI=1S/C23H22ClFN4O/c1-23(2)11-19(28-21(30)9-15-3-4-16(25)10-18(15)24)17-13-27-22(29-20(17)12-23)14-5-7-26-8-6-14/h3-8,10,13,19H,9,11-12H2,1-2H3,(H,28,30). The summed E-state index contributed by atoms with van der Waals surface area (Å²) in [5.74, 6) is 0.0571. The monoisotopic (exact) mass is 424 g/mol. The number of carbonyl (C=O) groups excluding carboxylic acids is 1. The smallest absolute Gasteiger partial charge is 0.224 e. The molecular formula is C23H22ClFN4O. The van der Waals surface area contributed by atoms with Gasteiger partial charge in [-0.05, 0) is 48.1 Å².